The fraction of sp³-hybridized carbons (Fsp3) is 0.0556. The van der Waals surface area contributed by atoms with Gasteiger partial charge in [-0.2, -0.15) is 0 Å². The van der Waals surface area contributed by atoms with Gasteiger partial charge in [-0.15, -0.1) is 10.2 Å². The van der Waals surface area contributed by atoms with Crippen molar-refractivity contribution in [2.45, 2.75) is 5.22 Å². The zero-order valence-electron chi connectivity index (χ0n) is 13.8. The first-order chi connectivity index (χ1) is 13.2. The van der Waals surface area contributed by atoms with E-state index in [0.717, 1.165) is 17.1 Å². The number of anilines is 1. The Morgan fingerprint density at radius 2 is 2.04 bits per heavy atom. The topological polar surface area (TPSA) is 111 Å². The number of carbonyl (C=O) groups is 1. The number of nitrogens with one attached hydrogen (secondary N) is 1. The minimum atomic E-state index is -0.416. The quantitative estimate of drug-likeness (QED) is 0.415. The second-order valence-electron chi connectivity index (χ2n) is 5.46. The van der Waals surface area contributed by atoms with Crippen molar-refractivity contribution >= 4 is 34.3 Å². The lowest BCUT2D eigenvalue weighted by molar-refractivity contribution is -0.113. The highest BCUT2D eigenvalue weighted by Gasteiger charge is 2.11. The number of rotatable bonds is 5. The van der Waals surface area contributed by atoms with Crippen LogP contribution in [0.15, 0.2) is 73.7 Å². The van der Waals surface area contributed by atoms with Crippen LogP contribution >= 0.6 is 11.8 Å². The monoisotopic (exact) mass is 380 g/mol. The Bertz CT molecular complexity index is 1160. The van der Waals surface area contributed by atoms with Crippen molar-refractivity contribution < 1.29 is 13.6 Å². The van der Waals surface area contributed by atoms with Crippen LogP contribution in [0.3, 0.4) is 0 Å². The number of hydrogen-bond donors (Lipinski definition) is 1. The molecule has 9 heteroatoms. The number of amides is 1. The molecule has 0 atom stereocenters. The second-order valence-corrected chi connectivity index (χ2v) is 6.39. The first kappa shape index (κ1) is 17.0. The summed E-state index contributed by atoms with van der Waals surface area (Å²) in [5, 5.41) is 11.7. The molecule has 0 aliphatic carbocycles. The van der Waals surface area contributed by atoms with E-state index in [4.69, 9.17) is 8.83 Å². The Morgan fingerprint density at radius 1 is 1.11 bits per heavy atom. The Hall–Kier alpha value is -3.46. The van der Waals surface area contributed by atoms with Gasteiger partial charge >= 0.3 is 5.63 Å². The van der Waals surface area contributed by atoms with Crippen molar-refractivity contribution in [2.75, 3.05) is 11.1 Å². The standard InChI is InChI=1S/C18H12N4O4S/c23-15(20-13-4-5-14-11(8-13)3-6-16(24)25-14)10-27-18-22-21-17(26-18)12-2-1-7-19-9-12/h1-9H,10H2,(H,20,23). The number of pyridine rings is 1. The zero-order valence-corrected chi connectivity index (χ0v) is 14.6. The summed E-state index contributed by atoms with van der Waals surface area (Å²) < 4.78 is 10.6. The SMILES string of the molecule is O=C(CSc1nnc(-c2cccnc2)o1)Nc1ccc2oc(=O)ccc2c1. The second kappa shape index (κ2) is 7.42. The number of benzene rings is 1. The van der Waals surface area contributed by atoms with Gasteiger partial charge in [-0.05, 0) is 36.4 Å². The van der Waals surface area contributed by atoms with Gasteiger partial charge in [0.05, 0.1) is 11.3 Å². The molecule has 134 valence electrons. The van der Waals surface area contributed by atoms with Gasteiger partial charge in [0.2, 0.25) is 11.8 Å². The molecule has 0 unspecified atom stereocenters. The van der Waals surface area contributed by atoms with Crippen molar-refractivity contribution in [2.24, 2.45) is 0 Å². The molecule has 0 bridgehead atoms. The molecule has 0 saturated carbocycles. The number of nitrogens with zero attached hydrogens (tertiary/aromatic N) is 3. The third kappa shape index (κ3) is 4.04. The summed E-state index contributed by atoms with van der Waals surface area (Å²) in [5.41, 5.74) is 1.36. The number of carbonyl (C=O) groups excluding carboxylic acids is 1. The van der Waals surface area contributed by atoms with Gasteiger partial charge in [0.1, 0.15) is 5.58 Å². The van der Waals surface area contributed by atoms with E-state index in [1.54, 1.807) is 42.7 Å². The van der Waals surface area contributed by atoms with E-state index in [0.29, 0.717) is 27.9 Å². The summed E-state index contributed by atoms with van der Waals surface area (Å²) in [4.78, 5) is 27.3. The molecular formula is C18H12N4O4S. The van der Waals surface area contributed by atoms with Crippen molar-refractivity contribution in [1.82, 2.24) is 15.2 Å². The first-order valence-electron chi connectivity index (χ1n) is 7.88. The average Bonchev–Trinajstić information content (AvgIpc) is 3.16. The molecule has 0 spiro atoms. The van der Waals surface area contributed by atoms with Crippen LogP contribution in [0.25, 0.3) is 22.4 Å². The van der Waals surface area contributed by atoms with E-state index in [-0.39, 0.29) is 11.7 Å². The van der Waals surface area contributed by atoms with Gasteiger partial charge in [-0.25, -0.2) is 4.79 Å². The minimum Gasteiger partial charge on any atom is -0.423 e. The molecule has 0 aliphatic heterocycles. The minimum absolute atomic E-state index is 0.108. The lowest BCUT2D eigenvalue weighted by Gasteiger charge is -2.05. The van der Waals surface area contributed by atoms with Crippen molar-refractivity contribution in [1.29, 1.82) is 0 Å². The molecule has 27 heavy (non-hydrogen) atoms. The number of fused-ring (bicyclic) bond motifs is 1. The fourth-order valence-electron chi connectivity index (χ4n) is 2.35. The van der Waals surface area contributed by atoms with Crippen LogP contribution < -0.4 is 10.9 Å². The molecule has 4 aromatic rings. The lowest BCUT2D eigenvalue weighted by atomic mass is 10.2. The lowest BCUT2D eigenvalue weighted by Crippen LogP contribution is -2.14. The van der Waals surface area contributed by atoms with Crippen LogP contribution in [0, 0.1) is 0 Å². The van der Waals surface area contributed by atoms with E-state index >= 15 is 0 Å². The van der Waals surface area contributed by atoms with E-state index < -0.39 is 5.63 Å². The summed E-state index contributed by atoms with van der Waals surface area (Å²) in [7, 11) is 0. The maximum Gasteiger partial charge on any atom is 0.336 e. The van der Waals surface area contributed by atoms with E-state index in [9.17, 15) is 9.59 Å². The van der Waals surface area contributed by atoms with Gasteiger partial charge in [-0.1, -0.05) is 11.8 Å². The maximum atomic E-state index is 12.1. The summed E-state index contributed by atoms with van der Waals surface area (Å²) in [6.07, 6.45) is 3.27. The van der Waals surface area contributed by atoms with Crippen molar-refractivity contribution in [3.05, 3.63) is 65.3 Å². The molecule has 8 nitrogen and oxygen atoms in total. The Morgan fingerprint density at radius 3 is 2.89 bits per heavy atom. The predicted molar refractivity (Wildman–Crippen MR) is 99.4 cm³/mol. The number of thioether (sulfide) groups is 1. The predicted octanol–water partition coefficient (Wildman–Crippen LogP) is 2.97. The van der Waals surface area contributed by atoms with Crippen LogP contribution in [-0.4, -0.2) is 26.8 Å². The molecular weight excluding hydrogens is 368 g/mol. The Balaban J connectivity index is 1.38. The molecule has 1 amide bonds. The summed E-state index contributed by atoms with van der Waals surface area (Å²) in [6, 6.07) is 11.6. The average molecular weight is 380 g/mol. The molecule has 0 saturated heterocycles. The number of hydrogen-bond acceptors (Lipinski definition) is 8. The van der Waals surface area contributed by atoms with E-state index in [1.807, 2.05) is 6.07 Å². The molecule has 3 aromatic heterocycles. The number of aromatic nitrogens is 3. The maximum absolute atomic E-state index is 12.1. The Labute approximate surface area is 156 Å². The summed E-state index contributed by atoms with van der Waals surface area (Å²) in [5.74, 6) is 0.233. The molecule has 4 rings (SSSR count). The van der Waals surface area contributed by atoms with Gasteiger partial charge in [0.25, 0.3) is 5.22 Å². The molecule has 1 aromatic carbocycles. The van der Waals surface area contributed by atoms with Gasteiger partial charge in [0.15, 0.2) is 0 Å². The Kier molecular flexibility index (Phi) is 4.67. The van der Waals surface area contributed by atoms with Gasteiger partial charge < -0.3 is 14.2 Å². The fourth-order valence-corrected chi connectivity index (χ4v) is 2.91. The smallest absolute Gasteiger partial charge is 0.336 e. The van der Waals surface area contributed by atoms with Gasteiger partial charge in [0, 0.05) is 29.5 Å². The molecule has 3 heterocycles. The third-order valence-corrected chi connectivity index (χ3v) is 4.36. The molecule has 0 fully saturated rings. The molecule has 0 radical (unpaired) electrons. The van der Waals surface area contributed by atoms with Crippen LogP contribution in [0.5, 0.6) is 0 Å². The molecule has 0 aliphatic rings. The van der Waals surface area contributed by atoms with Crippen LogP contribution in [0.2, 0.25) is 0 Å². The summed E-state index contributed by atoms with van der Waals surface area (Å²) in [6.45, 7) is 0. The van der Waals surface area contributed by atoms with Gasteiger partial charge in [-0.3, -0.25) is 9.78 Å². The molecule has 1 N–H and O–H groups in total. The van der Waals surface area contributed by atoms with Crippen LogP contribution in [-0.2, 0) is 4.79 Å². The van der Waals surface area contributed by atoms with E-state index in [1.165, 1.54) is 6.07 Å². The van der Waals surface area contributed by atoms with Crippen LogP contribution in [0.1, 0.15) is 0 Å². The third-order valence-electron chi connectivity index (χ3n) is 3.54. The van der Waals surface area contributed by atoms with Crippen molar-refractivity contribution in [3.8, 4) is 11.5 Å². The summed E-state index contributed by atoms with van der Waals surface area (Å²) >= 11 is 1.14. The van der Waals surface area contributed by atoms with Crippen LogP contribution in [0.4, 0.5) is 5.69 Å². The first-order valence-corrected chi connectivity index (χ1v) is 8.86. The van der Waals surface area contributed by atoms with Crippen molar-refractivity contribution in [3.63, 3.8) is 0 Å². The zero-order chi connectivity index (χ0) is 18.6. The van der Waals surface area contributed by atoms with E-state index in [2.05, 4.69) is 20.5 Å². The highest BCUT2D eigenvalue weighted by Crippen LogP contribution is 2.23. The largest absolute Gasteiger partial charge is 0.423 e. The highest BCUT2D eigenvalue weighted by atomic mass is 32.2. The normalized spacial score (nSPS) is 10.8. The highest BCUT2D eigenvalue weighted by molar-refractivity contribution is 7.99.